The van der Waals surface area contributed by atoms with E-state index in [1.807, 2.05) is 23.1 Å². The summed E-state index contributed by atoms with van der Waals surface area (Å²) in [5.74, 6) is 0.675. The van der Waals surface area contributed by atoms with Crippen molar-refractivity contribution >= 4 is 39.1 Å². The zero-order chi connectivity index (χ0) is 19.5. The van der Waals surface area contributed by atoms with Crippen LogP contribution in [0.5, 0.6) is 5.75 Å². The zero-order valence-electron chi connectivity index (χ0n) is 15.7. The molecule has 7 heteroatoms. The summed E-state index contributed by atoms with van der Waals surface area (Å²) in [4.78, 5) is 21.6. The number of para-hydroxylation sites is 1. The Hall–Kier alpha value is -2.15. The monoisotopic (exact) mass is 415 g/mol. The highest BCUT2D eigenvalue weighted by atomic mass is 35.5. The van der Waals surface area contributed by atoms with E-state index < -0.39 is 6.10 Å². The maximum Gasteiger partial charge on any atom is 0.263 e. The molecule has 1 atom stereocenters. The van der Waals surface area contributed by atoms with Crippen LogP contribution in [0.2, 0.25) is 5.02 Å². The maximum atomic E-state index is 12.7. The number of hydrogen-bond acceptors (Lipinski definition) is 5. The average molecular weight is 416 g/mol. The highest BCUT2D eigenvalue weighted by Gasteiger charge is 2.26. The summed E-state index contributed by atoms with van der Waals surface area (Å²) in [6.45, 7) is 5.73. The number of benzene rings is 2. The van der Waals surface area contributed by atoms with Crippen LogP contribution in [-0.4, -0.2) is 53.0 Å². The molecule has 2 heterocycles. The fraction of sp³-hybridized carbons (Fsp3) is 0.333. The first kappa shape index (κ1) is 19.2. The van der Waals surface area contributed by atoms with E-state index in [1.54, 1.807) is 42.5 Å². The molecule has 1 aromatic heterocycles. The van der Waals surface area contributed by atoms with Crippen molar-refractivity contribution in [3.05, 3.63) is 58.6 Å². The van der Waals surface area contributed by atoms with Gasteiger partial charge in [-0.15, -0.1) is 11.3 Å². The molecule has 28 heavy (non-hydrogen) atoms. The molecule has 1 aliphatic rings. The van der Waals surface area contributed by atoms with Crippen LogP contribution in [-0.2, 0) is 11.3 Å². The van der Waals surface area contributed by atoms with Crippen molar-refractivity contribution in [2.45, 2.75) is 19.6 Å². The maximum absolute atomic E-state index is 12.7. The molecule has 1 fully saturated rings. The minimum Gasteiger partial charge on any atom is -0.481 e. The number of nitrogens with zero attached hydrogens (tertiary/aromatic N) is 3. The van der Waals surface area contributed by atoms with Gasteiger partial charge in [0.05, 0.1) is 16.8 Å². The van der Waals surface area contributed by atoms with E-state index >= 15 is 0 Å². The summed E-state index contributed by atoms with van der Waals surface area (Å²) in [6, 6.07) is 15.3. The van der Waals surface area contributed by atoms with Crippen LogP contribution in [0.4, 0.5) is 0 Å². The fourth-order valence-electron chi connectivity index (χ4n) is 3.33. The normalized spacial score (nSPS) is 16.3. The predicted molar refractivity (Wildman–Crippen MR) is 113 cm³/mol. The van der Waals surface area contributed by atoms with E-state index in [2.05, 4.69) is 11.0 Å². The van der Waals surface area contributed by atoms with Crippen LogP contribution in [0.3, 0.4) is 0 Å². The van der Waals surface area contributed by atoms with Crippen LogP contribution in [0.15, 0.2) is 48.5 Å². The van der Waals surface area contributed by atoms with E-state index in [0.29, 0.717) is 23.9 Å². The summed E-state index contributed by atoms with van der Waals surface area (Å²) in [7, 11) is 0. The van der Waals surface area contributed by atoms with Gasteiger partial charge in [-0.1, -0.05) is 23.7 Å². The Morgan fingerprint density at radius 2 is 1.86 bits per heavy atom. The minimum absolute atomic E-state index is 0.0228. The number of carbonyl (C=O) groups excluding carboxylic acids is 1. The van der Waals surface area contributed by atoms with Crippen LogP contribution < -0.4 is 4.74 Å². The Morgan fingerprint density at radius 3 is 2.57 bits per heavy atom. The van der Waals surface area contributed by atoms with E-state index in [0.717, 1.165) is 30.2 Å². The van der Waals surface area contributed by atoms with E-state index in [9.17, 15) is 4.79 Å². The number of amides is 1. The van der Waals surface area contributed by atoms with Crippen molar-refractivity contribution in [1.29, 1.82) is 0 Å². The second-order valence-electron chi connectivity index (χ2n) is 6.89. The molecule has 2 aromatic carbocycles. The van der Waals surface area contributed by atoms with Gasteiger partial charge in [0, 0.05) is 31.2 Å². The molecule has 1 aliphatic heterocycles. The van der Waals surface area contributed by atoms with Crippen molar-refractivity contribution in [2.75, 3.05) is 26.2 Å². The first-order valence-electron chi connectivity index (χ1n) is 9.36. The number of hydrogen-bond donors (Lipinski definition) is 0. The molecule has 1 unspecified atom stereocenters. The van der Waals surface area contributed by atoms with Crippen molar-refractivity contribution in [2.24, 2.45) is 0 Å². The standard InChI is InChI=1S/C21H22ClN3O2S/c1-15(27-17-8-6-16(22)7-9-17)21(26)25-12-10-24(11-13-25)14-20-23-18-4-2-3-5-19(18)28-20/h2-9,15H,10-14H2,1H3. The van der Waals surface area contributed by atoms with Crippen LogP contribution >= 0.6 is 22.9 Å². The number of fused-ring (bicyclic) bond motifs is 1. The lowest BCUT2D eigenvalue weighted by Crippen LogP contribution is -2.51. The molecule has 0 saturated carbocycles. The first-order valence-corrected chi connectivity index (χ1v) is 10.6. The quantitative estimate of drug-likeness (QED) is 0.630. The highest BCUT2D eigenvalue weighted by molar-refractivity contribution is 7.18. The summed E-state index contributed by atoms with van der Waals surface area (Å²) in [6.07, 6.45) is -0.517. The minimum atomic E-state index is -0.517. The number of piperazine rings is 1. The number of halogens is 1. The van der Waals surface area contributed by atoms with Gasteiger partial charge in [0.2, 0.25) is 0 Å². The first-order chi connectivity index (χ1) is 13.6. The van der Waals surface area contributed by atoms with Crippen molar-refractivity contribution in [1.82, 2.24) is 14.8 Å². The molecule has 0 bridgehead atoms. The lowest BCUT2D eigenvalue weighted by molar-refractivity contribution is -0.139. The number of thiazole rings is 1. The number of aromatic nitrogens is 1. The van der Waals surface area contributed by atoms with Gasteiger partial charge in [-0.05, 0) is 43.3 Å². The molecule has 1 amide bonds. The second kappa shape index (κ2) is 8.47. The summed E-state index contributed by atoms with van der Waals surface area (Å²) in [5, 5.41) is 1.77. The largest absolute Gasteiger partial charge is 0.481 e. The Morgan fingerprint density at radius 1 is 1.14 bits per heavy atom. The van der Waals surface area contributed by atoms with E-state index in [-0.39, 0.29) is 5.91 Å². The third-order valence-corrected chi connectivity index (χ3v) is 6.13. The van der Waals surface area contributed by atoms with Gasteiger partial charge in [0.25, 0.3) is 5.91 Å². The van der Waals surface area contributed by atoms with Gasteiger partial charge in [-0.2, -0.15) is 0 Å². The van der Waals surface area contributed by atoms with Crippen molar-refractivity contribution in [3.8, 4) is 5.75 Å². The van der Waals surface area contributed by atoms with Gasteiger partial charge < -0.3 is 9.64 Å². The van der Waals surface area contributed by atoms with Gasteiger partial charge in [0.1, 0.15) is 10.8 Å². The van der Waals surface area contributed by atoms with E-state index in [1.165, 1.54) is 4.70 Å². The molecule has 146 valence electrons. The molecule has 0 radical (unpaired) electrons. The van der Waals surface area contributed by atoms with Gasteiger partial charge in [-0.3, -0.25) is 9.69 Å². The van der Waals surface area contributed by atoms with Crippen LogP contribution in [0.25, 0.3) is 10.2 Å². The van der Waals surface area contributed by atoms with Crippen LogP contribution in [0.1, 0.15) is 11.9 Å². The Labute approximate surface area is 173 Å². The van der Waals surface area contributed by atoms with Gasteiger partial charge in [-0.25, -0.2) is 4.98 Å². The number of rotatable bonds is 5. The molecular formula is C21H22ClN3O2S. The van der Waals surface area contributed by atoms with Crippen molar-refractivity contribution in [3.63, 3.8) is 0 Å². The SMILES string of the molecule is CC(Oc1ccc(Cl)cc1)C(=O)N1CCN(Cc2nc3ccccc3s2)CC1. The number of ether oxygens (including phenoxy) is 1. The zero-order valence-corrected chi connectivity index (χ0v) is 17.2. The smallest absolute Gasteiger partial charge is 0.263 e. The fourth-order valence-corrected chi connectivity index (χ4v) is 4.47. The lowest BCUT2D eigenvalue weighted by Gasteiger charge is -2.35. The molecule has 5 nitrogen and oxygen atoms in total. The van der Waals surface area contributed by atoms with Crippen LogP contribution in [0, 0.1) is 0 Å². The van der Waals surface area contributed by atoms with Crippen molar-refractivity contribution < 1.29 is 9.53 Å². The third kappa shape index (κ3) is 4.46. The topological polar surface area (TPSA) is 45.7 Å². The lowest BCUT2D eigenvalue weighted by atomic mass is 10.2. The molecule has 4 rings (SSSR count). The predicted octanol–water partition coefficient (Wildman–Crippen LogP) is 4.06. The van der Waals surface area contributed by atoms with Gasteiger partial charge in [0.15, 0.2) is 6.10 Å². The summed E-state index contributed by atoms with van der Waals surface area (Å²) < 4.78 is 6.99. The van der Waals surface area contributed by atoms with Gasteiger partial charge >= 0.3 is 0 Å². The Kier molecular flexibility index (Phi) is 5.80. The summed E-state index contributed by atoms with van der Waals surface area (Å²) >= 11 is 7.63. The third-order valence-electron chi connectivity index (χ3n) is 4.86. The molecular weight excluding hydrogens is 394 g/mol. The number of carbonyl (C=O) groups is 1. The Bertz CT molecular complexity index is 919. The molecule has 0 N–H and O–H groups in total. The molecule has 3 aromatic rings. The molecule has 0 aliphatic carbocycles. The average Bonchev–Trinajstić information content (AvgIpc) is 3.12. The highest BCUT2D eigenvalue weighted by Crippen LogP contribution is 2.23. The summed E-state index contributed by atoms with van der Waals surface area (Å²) in [5.41, 5.74) is 1.06. The van der Waals surface area contributed by atoms with E-state index in [4.69, 9.17) is 21.3 Å². The molecule has 0 spiro atoms. The Balaban J connectivity index is 1.29. The second-order valence-corrected chi connectivity index (χ2v) is 8.44. The molecule has 1 saturated heterocycles.